The monoisotopic (exact) mass is 531 g/mol. The molecule has 30 heavy (non-hydrogen) atoms. The smallest absolute Gasteiger partial charge is 0.311 e. The first kappa shape index (κ1) is 20.5. The van der Waals surface area contributed by atoms with Gasteiger partial charge in [0.05, 0.1) is 10.6 Å². The summed E-state index contributed by atoms with van der Waals surface area (Å²) >= 11 is 3.08. The van der Waals surface area contributed by atoms with E-state index < -0.39 is 4.87 Å². The molecule has 2 heterocycles. The fourth-order valence-corrected chi connectivity index (χ4v) is 4.44. The molecule has 1 amide bonds. The van der Waals surface area contributed by atoms with Crippen molar-refractivity contribution in [3.63, 3.8) is 0 Å². The summed E-state index contributed by atoms with van der Waals surface area (Å²) in [6.45, 7) is 1.81. The first-order valence-electron chi connectivity index (χ1n) is 9.32. The van der Waals surface area contributed by atoms with Gasteiger partial charge >= 0.3 is 4.87 Å². The number of thiazole rings is 1. The second kappa shape index (κ2) is 8.57. The number of allylic oxidation sites excluding steroid dienone is 1. The van der Waals surface area contributed by atoms with Crippen molar-refractivity contribution in [2.75, 3.05) is 5.32 Å². The van der Waals surface area contributed by atoms with Crippen LogP contribution in [0.3, 0.4) is 0 Å². The third-order valence-electron chi connectivity index (χ3n) is 4.75. The summed E-state index contributed by atoms with van der Waals surface area (Å²) in [5.74, 6) is -0.602. The highest BCUT2D eigenvalue weighted by Gasteiger charge is 2.19. The molecule has 0 unspecified atom stereocenters. The standard InChI is InChI=1S/C22H18IN3O3S/c1-2-13-4-3-5-17-14(11-24-20(13)17)10-18-21(28)26(22(29)30-18)12-19(27)25-16-8-6-15(23)7-9-16/h3-11,28H,2,12H2,1H3,(H,25,27). The minimum atomic E-state index is -0.394. The average Bonchev–Trinajstić information content (AvgIpc) is 3.26. The molecule has 2 aromatic carbocycles. The van der Waals surface area contributed by atoms with E-state index in [9.17, 15) is 14.7 Å². The van der Waals surface area contributed by atoms with Crippen LogP contribution in [0.4, 0.5) is 11.4 Å². The van der Waals surface area contributed by atoms with E-state index in [4.69, 9.17) is 0 Å². The summed E-state index contributed by atoms with van der Waals surface area (Å²) in [6.07, 6.45) is 4.35. The first-order chi connectivity index (χ1) is 14.5. The Balaban J connectivity index is 1.57. The van der Waals surface area contributed by atoms with Crippen LogP contribution in [0.1, 0.15) is 22.9 Å². The molecule has 4 rings (SSSR count). The van der Waals surface area contributed by atoms with Gasteiger partial charge in [-0.1, -0.05) is 36.5 Å². The van der Waals surface area contributed by atoms with Crippen LogP contribution in [0.5, 0.6) is 5.88 Å². The van der Waals surface area contributed by atoms with Crippen molar-refractivity contribution in [2.45, 2.75) is 19.9 Å². The van der Waals surface area contributed by atoms with Gasteiger partial charge in [-0.2, -0.15) is 0 Å². The van der Waals surface area contributed by atoms with Crippen LogP contribution in [0.15, 0.2) is 52.3 Å². The van der Waals surface area contributed by atoms with Gasteiger partial charge in [0.15, 0.2) is 0 Å². The zero-order valence-corrected chi connectivity index (χ0v) is 19.0. The lowest BCUT2D eigenvalue weighted by Crippen LogP contribution is -2.24. The number of benzene rings is 2. The van der Waals surface area contributed by atoms with E-state index in [0.29, 0.717) is 10.6 Å². The van der Waals surface area contributed by atoms with Gasteiger partial charge in [0.2, 0.25) is 11.8 Å². The van der Waals surface area contributed by atoms with Crippen molar-refractivity contribution >= 4 is 69.1 Å². The fourth-order valence-electron chi connectivity index (χ4n) is 3.25. The molecule has 8 heteroatoms. The summed E-state index contributed by atoms with van der Waals surface area (Å²) in [6, 6.07) is 13.3. The number of rotatable bonds is 5. The number of carbonyl (C=O) groups is 1. The maximum atomic E-state index is 12.4. The zero-order valence-electron chi connectivity index (χ0n) is 16.1. The molecule has 1 aliphatic heterocycles. The molecule has 1 aromatic heterocycles. The number of anilines is 1. The van der Waals surface area contributed by atoms with Crippen LogP contribution >= 0.6 is 33.9 Å². The Kier molecular flexibility index (Phi) is 5.87. The molecule has 3 aromatic rings. The van der Waals surface area contributed by atoms with Crippen LogP contribution in [0, 0.1) is 3.57 Å². The highest BCUT2D eigenvalue weighted by atomic mass is 127. The second-order valence-electron chi connectivity index (χ2n) is 6.72. The van der Waals surface area contributed by atoms with Gasteiger partial charge in [0, 0.05) is 26.6 Å². The van der Waals surface area contributed by atoms with Gasteiger partial charge in [0.1, 0.15) is 6.54 Å². The number of hydrogen-bond donors (Lipinski definition) is 2. The van der Waals surface area contributed by atoms with E-state index in [2.05, 4.69) is 39.8 Å². The molecular formula is C22H18IN3O3S. The molecule has 0 saturated carbocycles. The lowest BCUT2D eigenvalue weighted by molar-refractivity contribution is -0.116. The fraction of sp³-hybridized carbons (Fsp3) is 0.136. The Bertz CT molecular complexity index is 1240. The normalized spacial score (nSPS) is 13.6. The minimum Gasteiger partial charge on any atom is -0.493 e. The maximum absolute atomic E-state index is 12.4. The number of nitrogens with zero attached hydrogens (tertiary/aromatic N) is 2. The van der Waals surface area contributed by atoms with Gasteiger partial charge < -0.3 is 10.4 Å². The summed E-state index contributed by atoms with van der Waals surface area (Å²) in [4.78, 5) is 29.2. The summed E-state index contributed by atoms with van der Waals surface area (Å²) in [5.41, 5.74) is 4.50. The second-order valence-corrected chi connectivity index (χ2v) is 8.96. The van der Waals surface area contributed by atoms with Crippen molar-refractivity contribution in [1.82, 2.24) is 4.57 Å². The Morgan fingerprint density at radius 1 is 1.27 bits per heavy atom. The van der Waals surface area contributed by atoms with Crippen molar-refractivity contribution in [2.24, 2.45) is 4.99 Å². The van der Waals surface area contributed by atoms with Crippen molar-refractivity contribution < 1.29 is 9.90 Å². The molecule has 0 bridgehead atoms. The van der Waals surface area contributed by atoms with Crippen LogP contribution in [0.25, 0.3) is 11.6 Å². The predicted octanol–water partition coefficient (Wildman–Crippen LogP) is 4.68. The molecule has 0 aliphatic carbocycles. The van der Waals surface area contributed by atoms with Gasteiger partial charge in [-0.3, -0.25) is 19.1 Å². The Morgan fingerprint density at radius 2 is 2.03 bits per heavy atom. The number of fused-ring (bicyclic) bond motifs is 1. The Labute approximate surface area is 190 Å². The lowest BCUT2D eigenvalue weighted by Gasteiger charge is -2.07. The largest absolute Gasteiger partial charge is 0.493 e. The number of aryl methyl sites for hydroxylation is 1. The van der Waals surface area contributed by atoms with E-state index in [1.54, 1.807) is 24.4 Å². The highest BCUT2D eigenvalue weighted by Crippen LogP contribution is 2.37. The number of hydrogen-bond acceptors (Lipinski definition) is 5. The molecule has 6 nitrogen and oxygen atoms in total. The number of carbonyl (C=O) groups excluding carboxylic acids is 1. The third-order valence-corrected chi connectivity index (χ3v) is 6.39. The quantitative estimate of drug-likeness (QED) is 0.470. The van der Waals surface area contributed by atoms with Gasteiger partial charge in [0.25, 0.3) is 0 Å². The molecule has 0 atom stereocenters. The van der Waals surface area contributed by atoms with Crippen molar-refractivity contribution in [3.8, 4) is 5.88 Å². The number of aliphatic imine (C=N–C) groups is 1. The van der Waals surface area contributed by atoms with Gasteiger partial charge in [-0.05, 0) is 64.9 Å². The Morgan fingerprint density at radius 3 is 2.77 bits per heavy atom. The molecule has 2 N–H and O–H groups in total. The van der Waals surface area contributed by atoms with E-state index in [1.807, 2.05) is 30.3 Å². The van der Waals surface area contributed by atoms with Crippen LogP contribution in [-0.2, 0) is 17.8 Å². The highest BCUT2D eigenvalue weighted by molar-refractivity contribution is 14.1. The third kappa shape index (κ3) is 4.10. The number of nitrogens with one attached hydrogen (secondary N) is 1. The zero-order chi connectivity index (χ0) is 21.3. The number of para-hydroxylation sites is 1. The predicted molar refractivity (Wildman–Crippen MR) is 130 cm³/mol. The molecule has 0 radical (unpaired) electrons. The van der Waals surface area contributed by atoms with E-state index >= 15 is 0 Å². The summed E-state index contributed by atoms with van der Waals surface area (Å²) < 4.78 is 2.13. The summed E-state index contributed by atoms with van der Waals surface area (Å²) in [7, 11) is 0. The van der Waals surface area contributed by atoms with E-state index in [-0.39, 0.29) is 18.3 Å². The topological polar surface area (TPSA) is 83.7 Å². The maximum Gasteiger partial charge on any atom is 0.311 e. The molecular weight excluding hydrogens is 513 g/mol. The van der Waals surface area contributed by atoms with Crippen LogP contribution < -0.4 is 10.2 Å². The van der Waals surface area contributed by atoms with Crippen molar-refractivity contribution in [1.29, 1.82) is 0 Å². The van der Waals surface area contributed by atoms with Crippen LogP contribution in [0.2, 0.25) is 0 Å². The molecule has 152 valence electrons. The Hall–Kier alpha value is -2.72. The molecule has 0 fully saturated rings. The van der Waals surface area contributed by atoms with Crippen LogP contribution in [-0.4, -0.2) is 21.8 Å². The number of halogens is 1. The minimum absolute atomic E-state index is 0.219. The van der Waals surface area contributed by atoms with E-state index in [0.717, 1.165) is 48.3 Å². The lowest BCUT2D eigenvalue weighted by atomic mass is 10.0. The average molecular weight is 531 g/mol. The molecule has 0 spiro atoms. The number of aromatic nitrogens is 1. The van der Waals surface area contributed by atoms with E-state index in [1.165, 1.54) is 0 Å². The molecule has 1 aliphatic rings. The number of aromatic hydroxyl groups is 1. The SMILES string of the molecule is CCc1cccc2c1N=CC2=Cc1sc(=O)n(CC(=O)Nc2ccc(I)cc2)c1O. The summed E-state index contributed by atoms with van der Waals surface area (Å²) in [5, 5.41) is 13.3. The van der Waals surface area contributed by atoms with Gasteiger partial charge in [-0.25, -0.2) is 0 Å². The molecule has 0 saturated heterocycles. The van der Waals surface area contributed by atoms with Gasteiger partial charge in [-0.15, -0.1) is 0 Å². The van der Waals surface area contributed by atoms with Crippen molar-refractivity contribution in [3.05, 3.63) is 71.7 Å². The first-order valence-corrected chi connectivity index (χ1v) is 11.2. The number of amides is 1.